The largest absolute Gasteiger partial charge is 0.272 e. The topological polar surface area (TPSA) is 80.2 Å². The highest BCUT2D eigenvalue weighted by molar-refractivity contribution is 7.94. The molecule has 9 heteroatoms. The first-order chi connectivity index (χ1) is 7.28. The molecule has 2 heterocycles. The van der Waals surface area contributed by atoms with Crippen LogP contribution in [-0.2, 0) is 21.4 Å². The van der Waals surface area contributed by atoms with Crippen LogP contribution in [0.1, 0.15) is 19.5 Å². The van der Waals surface area contributed by atoms with E-state index < -0.39 is 20.7 Å². The minimum Gasteiger partial charge on any atom is -0.272 e. The second-order valence-electron chi connectivity index (χ2n) is 3.82. The van der Waals surface area contributed by atoms with Crippen LogP contribution in [0.15, 0.2) is 0 Å². The first-order valence-electron chi connectivity index (χ1n) is 4.32. The summed E-state index contributed by atoms with van der Waals surface area (Å²) in [6.07, 6.45) is 0. The molecule has 1 aromatic rings. The van der Waals surface area contributed by atoms with Gasteiger partial charge in [-0.3, -0.25) is 4.79 Å². The van der Waals surface area contributed by atoms with Gasteiger partial charge in [-0.25, -0.2) is 12.7 Å². The predicted molar refractivity (Wildman–Crippen MR) is 58.5 cm³/mol. The zero-order valence-electron chi connectivity index (χ0n) is 8.47. The Kier molecular flexibility index (Phi) is 2.48. The molecule has 1 saturated heterocycles. The molecule has 1 aromatic heterocycles. The van der Waals surface area contributed by atoms with E-state index in [9.17, 15) is 13.2 Å². The van der Waals surface area contributed by atoms with Crippen molar-refractivity contribution in [2.75, 3.05) is 0 Å². The molecule has 16 heavy (non-hydrogen) atoms. The minimum atomic E-state index is -3.58. The summed E-state index contributed by atoms with van der Waals surface area (Å²) in [5, 5.41) is 3.66. The van der Waals surface area contributed by atoms with E-state index in [1.54, 1.807) is 0 Å². The number of hydrogen-bond donors (Lipinski definition) is 0. The second-order valence-corrected chi connectivity index (χ2v) is 7.59. The normalized spacial score (nSPS) is 21.9. The number of halogens is 1. The molecule has 6 nitrogen and oxygen atoms in total. The Morgan fingerprint density at radius 1 is 1.50 bits per heavy atom. The lowest BCUT2D eigenvalue weighted by Gasteiger charge is -2.42. The lowest BCUT2D eigenvalue weighted by atomic mass is 10.2. The standard InChI is InChI=1S/C7H8ClN3O3S2/c1-7(2)6(12)11(16(7,13)14)3-4-5(8)15-10-9-4/h3H2,1-2H3. The van der Waals surface area contributed by atoms with Gasteiger partial charge in [-0.1, -0.05) is 16.1 Å². The highest BCUT2D eigenvalue weighted by Gasteiger charge is 2.60. The summed E-state index contributed by atoms with van der Waals surface area (Å²) in [4.78, 5) is 11.6. The van der Waals surface area contributed by atoms with Gasteiger partial charge in [-0.2, -0.15) is 0 Å². The monoisotopic (exact) mass is 281 g/mol. The highest BCUT2D eigenvalue weighted by atomic mass is 35.5. The van der Waals surface area contributed by atoms with Gasteiger partial charge in [0.15, 0.2) is 4.75 Å². The van der Waals surface area contributed by atoms with Crippen LogP contribution >= 0.6 is 23.1 Å². The van der Waals surface area contributed by atoms with Gasteiger partial charge in [0.2, 0.25) is 0 Å². The van der Waals surface area contributed by atoms with Crippen molar-refractivity contribution in [1.29, 1.82) is 0 Å². The van der Waals surface area contributed by atoms with Gasteiger partial charge in [0.25, 0.3) is 15.9 Å². The average molecular weight is 282 g/mol. The number of carbonyl (C=O) groups excluding carboxylic acids is 1. The summed E-state index contributed by atoms with van der Waals surface area (Å²) < 4.78 is 26.8. The van der Waals surface area contributed by atoms with Crippen LogP contribution in [-0.4, -0.2) is 33.0 Å². The molecular weight excluding hydrogens is 274 g/mol. The zero-order valence-corrected chi connectivity index (χ0v) is 10.9. The number of amides is 1. The van der Waals surface area contributed by atoms with E-state index in [2.05, 4.69) is 9.59 Å². The third kappa shape index (κ3) is 1.36. The van der Waals surface area contributed by atoms with Crippen LogP contribution < -0.4 is 0 Å². The first kappa shape index (κ1) is 11.7. The van der Waals surface area contributed by atoms with Gasteiger partial charge in [0, 0.05) is 11.5 Å². The summed E-state index contributed by atoms with van der Waals surface area (Å²) in [7, 11) is -3.58. The first-order valence-corrected chi connectivity index (χ1v) is 6.91. The molecule has 0 saturated carbocycles. The van der Waals surface area contributed by atoms with Gasteiger partial charge in [-0.05, 0) is 13.8 Å². The van der Waals surface area contributed by atoms with Crippen LogP contribution in [0.5, 0.6) is 0 Å². The Morgan fingerprint density at radius 3 is 2.56 bits per heavy atom. The maximum atomic E-state index is 11.7. The molecule has 0 aliphatic carbocycles. The number of aromatic nitrogens is 2. The molecule has 88 valence electrons. The minimum absolute atomic E-state index is 0.139. The SMILES string of the molecule is CC1(C)C(=O)N(Cc2nnsc2Cl)S1(=O)=O. The fourth-order valence-corrected chi connectivity index (χ4v) is 3.44. The Labute approximate surface area is 101 Å². The molecule has 0 atom stereocenters. The third-order valence-electron chi connectivity index (χ3n) is 2.48. The van der Waals surface area contributed by atoms with Crippen LogP contribution in [0, 0.1) is 0 Å². The molecule has 1 amide bonds. The van der Waals surface area contributed by atoms with Crippen LogP contribution in [0.3, 0.4) is 0 Å². The Hall–Kier alpha value is -0.730. The fraction of sp³-hybridized carbons (Fsp3) is 0.571. The van der Waals surface area contributed by atoms with Crippen LogP contribution in [0.25, 0.3) is 0 Å². The van der Waals surface area contributed by atoms with Gasteiger partial charge in [-0.15, -0.1) is 5.10 Å². The molecule has 1 aliphatic rings. The van der Waals surface area contributed by atoms with Gasteiger partial charge in [0.05, 0.1) is 6.54 Å². The van der Waals surface area contributed by atoms with E-state index in [1.807, 2.05) is 0 Å². The maximum absolute atomic E-state index is 11.7. The molecule has 0 aromatic carbocycles. The predicted octanol–water partition coefficient (Wildman–Crippen LogP) is 0.642. The van der Waals surface area contributed by atoms with E-state index in [4.69, 9.17) is 11.6 Å². The van der Waals surface area contributed by atoms with Crippen molar-refractivity contribution in [1.82, 2.24) is 13.9 Å². The molecule has 0 bridgehead atoms. The highest BCUT2D eigenvalue weighted by Crippen LogP contribution is 2.36. The number of rotatable bonds is 2. The van der Waals surface area contributed by atoms with Crippen molar-refractivity contribution in [3.8, 4) is 0 Å². The molecule has 1 fully saturated rings. The summed E-state index contributed by atoms with van der Waals surface area (Å²) in [6.45, 7) is 2.62. The molecule has 2 rings (SSSR count). The quantitative estimate of drug-likeness (QED) is 0.795. The molecule has 1 aliphatic heterocycles. The molecule has 0 radical (unpaired) electrons. The summed E-state index contributed by atoms with van der Waals surface area (Å²) >= 11 is 6.69. The average Bonchev–Trinajstić information content (AvgIpc) is 2.59. The van der Waals surface area contributed by atoms with E-state index in [1.165, 1.54) is 13.8 Å². The lowest BCUT2D eigenvalue weighted by molar-refractivity contribution is -0.132. The summed E-state index contributed by atoms with van der Waals surface area (Å²) in [6, 6.07) is 0. The van der Waals surface area contributed by atoms with Crippen molar-refractivity contribution in [3.05, 3.63) is 10.0 Å². The number of carbonyl (C=O) groups is 1. The van der Waals surface area contributed by atoms with Gasteiger partial charge >= 0.3 is 0 Å². The van der Waals surface area contributed by atoms with E-state index in [0.29, 0.717) is 10.0 Å². The van der Waals surface area contributed by atoms with Crippen molar-refractivity contribution in [2.45, 2.75) is 25.1 Å². The lowest BCUT2D eigenvalue weighted by Crippen LogP contribution is -2.66. The Morgan fingerprint density at radius 2 is 2.12 bits per heavy atom. The van der Waals surface area contributed by atoms with E-state index in [0.717, 1.165) is 15.8 Å². The van der Waals surface area contributed by atoms with Crippen molar-refractivity contribution in [3.63, 3.8) is 0 Å². The van der Waals surface area contributed by atoms with E-state index >= 15 is 0 Å². The van der Waals surface area contributed by atoms with Crippen LogP contribution in [0.2, 0.25) is 4.34 Å². The third-order valence-corrected chi connectivity index (χ3v) is 5.80. The van der Waals surface area contributed by atoms with Crippen molar-refractivity contribution in [2.24, 2.45) is 0 Å². The van der Waals surface area contributed by atoms with E-state index in [-0.39, 0.29) is 6.54 Å². The molecular formula is C7H8ClN3O3S2. The Bertz CT molecular complexity index is 551. The summed E-state index contributed by atoms with van der Waals surface area (Å²) in [5.41, 5.74) is 0.305. The summed E-state index contributed by atoms with van der Waals surface area (Å²) in [5.74, 6) is -0.448. The van der Waals surface area contributed by atoms with Crippen LogP contribution in [0.4, 0.5) is 0 Å². The number of nitrogens with zero attached hydrogens (tertiary/aromatic N) is 3. The smallest absolute Gasteiger partial charge is 0.259 e. The number of hydrogen-bond acceptors (Lipinski definition) is 6. The Balaban J connectivity index is 2.27. The van der Waals surface area contributed by atoms with Gasteiger partial charge in [0.1, 0.15) is 10.0 Å². The molecule has 0 spiro atoms. The second kappa shape index (κ2) is 3.38. The zero-order chi connectivity index (χ0) is 12.1. The van der Waals surface area contributed by atoms with Crippen molar-refractivity contribution >= 4 is 39.1 Å². The fourth-order valence-electron chi connectivity index (χ4n) is 1.34. The van der Waals surface area contributed by atoms with Crippen molar-refractivity contribution < 1.29 is 13.2 Å². The molecule has 0 unspecified atom stereocenters. The molecule has 0 N–H and O–H groups in total. The van der Waals surface area contributed by atoms with Gasteiger partial charge < -0.3 is 0 Å². The maximum Gasteiger partial charge on any atom is 0.259 e. The number of sulfonamides is 1.